The number of carboxylic acids is 1. The monoisotopic (exact) mass is 1480 g/mol. The maximum atomic E-state index is 14.8. The van der Waals surface area contributed by atoms with Gasteiger partial charge < -0.3 is 73.4 Å². The number of nitrogens with zero attached hydrogens (tertiary/aromatic N) is 9. The summed E-state index contributed by atoms with van der Waals surface area (Å²) in [5.74, 6) is -9.66. The molecular weight excluding hydrogens is 1370 g/mol. The fraction of sp³-hybridized carbons (Fsp3) is 0.675. The number of carbonyl (C=O) groups is 9. The van der Waals surface area contributed by atoms with E-state index in [1.54, 1.807) is 45.8 Å². The second-order valence-corrected chi connectivity index (χ2v) is 29.6. The second kappa shape index (κ2) is 39.9. The number of hydrogen-bond donors (Lipinski definition) is 4. The smallest absolute Gasteiger partial charge is 0.407 e. The summed E-state index contributed by atoms with van der Waals surface area (Å²) in [6.07, 6.45) is 14.8. The summed E-state index contributed by atoms with van der Waals surface area (Å²) in [4.78, 5) is 149. The van der Waals surface area contributed by atoms with E-state index in [2.05, 4.69) is 35.1 Å². The third kappa shape index (κ3) is 22.7. The third-order valence-electron chi connectivity index (χ3n) is 21.8. The lowest BCUT2D eigenvalue weighted by Gasteiger charge is -2.42. The van der Waals surface area contributed by atoms with Gasteiger partial charge in [0.25, 0.3) is 11.7 Å². The first-order valence-electron chi connectivity index (χ1n) is 37.5. The van der Waals surface area contributed by atoms with Crippen LogP contribution < -0.4 is 15.1 Å². The number of esters is 1. The molecule has 0 aromatic carbocycles. The van der Waals surface area contributed by atoms with Crippen LogP contribution in [0.2, 0.25) is 0 Å². The number of ether oxygens (including phenoxy) is 7. The number of aromatic nitrogens is 4. The number of rotatable bonds is 19. The van der Waals surface area contributed by atoms with Crippen molar-refractivity contribution >= 4 is 64.9 Å². The third-order valence-corrected chi connectivity index (χ3v) is 21.8. The van der Waals surface area contributed by atoms with E-state index in [-0.39, 0.29) is 106 Å². The van der Waals surface area contributed by atoms with Crippen molar-refractivity contribution in [2.45, 2.75) is 206 Å². The van der Waals surface area contributed by atoms with Crippen LogP contribution in [0.25, 0.3) is 0 Å². The molecule has 4 N–H and O–H groups in total. The molecule has 2 bridgehead atoms. The molecule has 106 heavy (non-hydrogen) atoms. The largest absolute Gasteiger partial charge is 0.480 e. The lowest BCUT2D eigenvalue weighted by molar-refractivity contribution is -0.265. The van der Waals surface area contributed by atoms with Crippen molar-refractivity contribution < 1.29 is 91.6 Å². The number of fused-ring (bicyclic) bond motifs is 3. The van der Waals surface area contributed by atoms with Gasteiger partial charge in [-0.2, -0.15) is 0 Å². The average Bonchev–Trinajstić information content (AvgIpc) is 0.773. The molecule has 16 atom stereocenters. The molecule has 0 spiro atoms. The van der Waals surface area contributed by atoms with Crippen LogP contribution in [0.3, 0.4) is 0 Å². The Morgan fingerprint density at radius 2 is 1.46 bits per heavy atom. The van der Waals surface area contributed by atoms with Gasteiger partial charge in [0, 0.05) is 141 Å². The molecule has 29 nitrogen and oxygen atoms in total. The molecule has 1 aliphatic carbocycles. The van der Waals surface area contributed by atoms with E-state index in [1.807, 2.05) is 51.2 Å². The molecule has 5 aliphatic heterocycles. The lowest BCUT2D eigenvalue weighted by Crippen LogP contribution is -2.61. The van der Waals surface area contributed by atoms with Crippen molar-refractivity contribution in [1.29, 1.82) is 0 Å². The number of piperazine rings is 2. The standard InChI is InChI=1S/C77H112N10O19/c1-47-17-13-12-14-18-48(2)63(100-9)39-58-22-20-53(7)77(99,106-58)70(93)71(94)87-25-16-15-19-59(87)73(97)104-64(40-61(89)49(3)36-52(6)68(92)69(102-11)67(91)51(5)35-47)50(4)37-55-21-23-62(65(38-55)101-10)105-76(98)82-43-56-41-78-75(79-42-56)85-30-31-86(60(46-85)72(95)96)66(90)24-33-103-34-32-83-26-28-84(29-27-83)74-80-44-57(45-81-74)54(8)88/h12-14,17-18,36,41-42,44-45,47,49-51,53,55,58-60,62-65,68-69,92,99H,15-16,19-35,37-40,43,46H2,1-11H3,(H,82,98)(H,95,96)/b14-12+,17-13+,48-18+,52-36+/t47-,49-,50-,51-,53-,55+,58+,59+,60-,62-,63+,64+,65-,68-,69+,77-/m1/s1. The van der Waals surface area contributed by atoms with Crippen LogP contribution in [0.1, 0.15) is 155 Å². The molecule has 584 valence electrons. The molecule has 2 aromatic heterocycles. The normalized spacial score (nSPS) is 31.8. The number of aliphatic hydroxyl groups is 2. The fourth-order valence-corrected chi connectivity index (χ4v) is 15.1. The number of ketones is 4. The van der Waals surface area contributed by atoms with Gasteiger partial charge in [0.1, 0.15) is 42.3 Å². The molecular formula is C77H112N10O19. The highest BCUT2D eigenvalue weighted by Crippen LogP contribution is 2.39. The predicted octanol–water partition coefficient (Wildman–Crippen LogP) is 6.23. The van der Waals surface area contributed by atoms with E-state index in [0.29, 0.717) is 107 Å². The summed E-state index contributed by atoms with van der Waals surface area (Å²) in [6.45, 7) is 18.4. The number of aliphatic hydroxyl groups excluding tert-OH is 1. The number of aliphatic carboxylic acids is 1. The number of alkyl carbamates (subject to hydrolysis) is 1. The van der Waals surface area contributed by atoms with Gasteiger partial charge in [0.15, 0.2) is 11.6 Å². The molecule has 4 saturated heterocycles. The van der Waals surface area contributed by atoms with Crippen LogP contribution in [-0.4, -0.2) is 257 Å². The Hall–Kier alpha value is -7.77. The van der Waals surface area contributed by atoms with Gasteiger partial charge in [-0.05, 0) is 114 Å². The Kier molecular flexibility index (Phi) is 31.6. The molecule has 7 heterocycles. The van der Waals surface area contributed by atoms with E-state index < -0.39 is 114 Å². The number of Topliss-reactive ketones (excluding diaryl/α,β-unsaturated/α-hetero) is 4. The maximum absolute atomic E-state index is 14.8. The number of allylic oxidation sites excluding steroid dienone is 6. The number of carbonyl (C=O) groups excluding carboxylic acids is 8. The van der Waals surface area contributed by atoms with Gasteiger partial charge >= 0.3 is 18.0 Å². The topological polar surface area (TPSA) is 359 Å². The van der Waals surface area contributed by atoms with E-state index in [9.17, 15) is 58.5 Å². The summed E-state index contributed by atoms with van der Waals surface area (Å²) < 4.78 is 41.8. The Morgan fingerprint density at radius 1 is 0.764 bits per heavy atom. The SMILES string of the molecule is CO[C@H]1C[C@@H]2CC[C@@H](C)[C@@](O)(O2)C(=O)C(=O)N2CCCC[C@H]2C(=O)O[C@H]([C@H](C)C[C@@H]2CC[C@@H](OC(=O)NCc3cnc(N4CCN(C(=O)CCOCCN5CCN(c6ncc(C(C)=O)cn6)CC5)[C@@H](C(=O)O)C4)nc3)[C@H](OC)C2)CC(=O)[C@H](C)/C=C(\C)[C@@H](O)[C@@H](OC)C(=O)[C@H](C)C[C@H](C)/C=C/C=C/C=C/1C. The Labute approximate surface area is 622 Å². The maximum Gasteiger partial charge on any atom is 0.407 e. The van der Waals surface area contributed by atoms with Gasteiger partial charge in [-0.25, -0.2) is 34.3 Å². The van der Waals surface area contributed by atoms with Gasteiger partial charge in [0.2, 0.25) is 23.6 Å². The molecule has 0 radical (unpaired) electrons. The van der Waals surface area contributed by atoms with Crippen molar-refractivity contribution in [3.8, 4) is 0 Å². The van der Waals surface area contributed by atoms with Crippen LogP contribution >= 0.6 is 0 Å². The number of anilines is 2. The Bertz CT molecular complexity index is 3460. The number of piperidine rings is 1. The minimum Gasteiger partial charge on any atom is -0.480 e. The van der Waals surface area contributed by atoms with Gasteiger partial charge in [-0.15, -0.1) is 0 Å². The highest BCUT2D eigenvalue weighted by molar-refractivity contribution is 6.39. The van der Waals surface area contributed by atoms with Gasteiger partial charge in [-0.3, -0.25) is 33.7 Å². The minimum atomic E-state index is -2.50. The van der Waals surface area contributed by atoms with E-state index >= 15 is 0 Å². The highest BCUT2D eigenvalue weighted by atomic mass is 16.6. The van der Waals surface area contributed by atoms with Gasteiger partial charge in [-0.1, -0.05) is 71.1 Å². The first-order valence-corrected chi connectivity index (χ1v) is 37.5. The first-order chi connectivity index (χ1) is 50.6. The zero-order chi connectivity index (χ0) is 76.9. The number of carboxylic acid groups (broad SMARTS) is 1. The summed E-state index contributed by atoms with van der Waals surface area (Å²) >= 11 is 0. The molecule has 3 amide bonds. The summed E-state index contributed by atoms with van der Waals surface area (Å²) in [6, 6.07) is -2.39. The van der Waals surface area contributed by atoms with Crippen LogP contribution in [0.4, 0.5) is 16.7 Å². The van der Waals surface area contributed by atoms with Crippen molar-refractivity contribution in [3.05, 3.63) is 83.5 Å². The van der Waals surface area contributed by atoms with Crippen LogP contribution in [-0.2, 0) is 73.3 Å². The Morgan fingerprint density at radius 3 is 2.14 bits per heavy atom. The van der Waals surface area contributed by atoms with E-state index in [0.717, 1.165) is 23.6 Å². The molecule has 29 heteroatoms. The van der Waals surface area contributed by atoms with E-state index in [1.165, 1.54) is 50.8 Å². The van der Waals surface area contributed by atoms with Gasteiger partial charge in [0.05, 0.1) is 50.1 Å². The number of amides is 3. The summed E-state index contributed by atoms with van der Waals surface area (Å²) in [5, 5.41) is 36.8. The van der Waals surface area contributed by atoms with Crippen LogP contribution in [0.15, 0.2) is 72.4 Å². The highest BCUT2D eigenvalue weighted by Gasteiger charge is 2.53. The summed E-state index contributed by atoms with van der Waals surface area (Å²) in [5.41, 5.74) is 2.18. The average molecular weight is 1480 g/mol. The quantitative estimate of drug-likeness (QED) is 0.0398. The molecule has 2 aromatic rings. The lowest BCUT2D eigenvalue weighted by atomic mass is 9.78. The first kappa shape index (κ1) is 83.9. The van der Waals surface area contributed by atoms with Crippen LogP contribution in [0.5, 0.6) is 0 Å². The Balaban J connectivity index is 0.857. The molecule has 6 aliphatic rings. The fourth-order valence-electron chi connectivity index (χ4n) is 15.1. The number of cyclic esters (lactones) is 1. The van der Waals surface area contributed by atoms with Crippen molar-refractivity contribution in [2.24, 2.45) is 35.5 Å². The van der Waals surface area contributed by atoms with E-state index in [4.69, 9.17) is 33.2 Å². The van der Waals surface area contributed by atoms with Crippen molar-refractivity contribution in [1.82, 2.24) is 40.0 Å². The van der Waals surface area contributed by atoms with Crippen LogP contribution in [0, 0.1) is 35.5 Å². The zero-order valence-corrected chi connectivity index (χ0v) is 63.5. The zero-order valence-electron chi connectivity index (χ0n) is 63.5. The molecule has 8 rings (SSSR count). The van der Waals surface area contributed by atoms with Crippen molar-refractivity contribution in [2.75, 3.05) is 103 Å². The number of nitrogens with one attached hydrogen (secondary N) is 1. The molecule has 0 unspecified atom stereocenters. The number of methoxy groups -OCH3 is 3. The second-order valence-electron chi connectivity index (χ2n) is 29.6. The van der Waals surface area contributed by atoms with Crippen molar-refractivity contribution in [3.63, 3.8) is 0 Å². The minimum absolute atomic E-state index is 0.000385. The number of hydrogen-bond acceptors (Lipinski definition) is 25. The molecule has 5 fully saturated rings. The molecule has 1 saturated carbocycles. The predicted molar refractivity (Wildman–Crippen MR) is 390 cm³/mol. The summed E-state index contributed by atoms with van der Waals surface area (Å²) in [7, 11) is 4.44.